The molecule has 0 bridgehead atoms. The van der Waals surface area contributed by atoms with E-state index >= 15 is 0 Å². The van der Waals surface area contributed by atoms with E-state index < -0.39 is 0 Å². The van der Waals surface area contributed by atoms with E-state index in [2.05, 4.69) is 0 Å². The molecule has 0 saturated heterocycles. The molecular weight excluding hydrogens is 253 g/mol. The summed E-state index contributed by atoms with van der Waals surface area (Å²) in [4.78, 5) is 0. The molecule has 0 saturated carbocycles. The third kappa shape index (κ3) is 2.81. The van der Waals surface area contributed by atoms with Gasteiger partial charge in [-0.3, -0.25) is 0 Å². The molecule has 0 aliphatic carbocycles. The van der Waals surface area contributed by atoms with E-state index in [4.69, 9.17) is 22.1 Å². The maximum atomic E-state index is 13.4. The van der Waals surface area contributed by atoms with E-state index in [0.29, 0.717) is 28.6 Å². The standard InChI is InChI=1S/C14H13ClFNO/c1-9-2-4-12(7-14(9)16)18-11-5-3-10(8-17)13(15)6-11/h2-7H,8,17H2,1H3. The van der Waals surface area contributed by atoms with Crippen LogP contribution in [0.4, 0.5) is 4.39 Å². The van der Waals surface area contributed by atoms with Crippen molar-refractivity contribution in [2.45, 2.75) is 13.5 Å². The molecule has 2 nitrogen and oxygen atoms in total. The van der Waals surface area contributed by atoms with Crippen molar-refractivity contribution in [3.63, 3.8) is 0 Å². The number of rotatable bonds is 3. The van der Waals surface area contributed by atoms with Gasteiger partial charge in [0.1, 0.15) is 17.3 Å². The second-order valence-electron chi connectivity index (χ2n) is 3.97. The van der Waals surface area contributed by atoms with Gasteiger partial charge in [-0.25, -0.2) is 4.39 Å². The minimum Gasteiger partial charge on any atom is -0.457 e. The van der Waals surface area contributed by atoms with Crippen molar-refractivity contribution in [2.24, 2.45) is 5.73 Å². The van der Waals surface area contributed by atoms with Crippen LogP contribution in [0.1, 0.15) is 11.1 Å². The summed E-state index contributed by atoms with van der Waals surface area (Å²) in [6.45, 7) is 2.07. The monoisotopic (exact) mass is 265 g/mol. The number of nitrogens with two attached hydrogens (primary N) is 1. The van der Waals surface area contributed by atoms with Crippen LogP contribution in [0, 0.1) is 12.7 Å². The lowest BCUT2D eigenvalue weighted by molar-refractivity contribution is 0.476. The highest BCUT2D eigenvalue weighted by Crippen LogP contribution is 2.27. The number of ether oxygens (including phenoxy) is 1. The Bertz CT molecular complexity index is 572. The highest BCUT2D eigenvalue weighted by molar-refractivity contribution is 6.31. The smallest absolute Gasteiger partial charge is 0.130 e. The minimum absolute atomic E-state index is 0.294. The molecule has 94 valence electrons. The van der Waals surface area contributed by atoms with Crippen molar-refractivity contribution in [1.82, 2.24) is 0 Å². The molecule has 0 aliphatic rings. The van der Waals surface area contributed by atoms with Crippen LogP contribution in [0.3, 0.4) is 0 Å². The summed E-state index contributed by atoms with van der Waals surface area (Å²) in [6.07, 6.45) is 0. The van der Waals surface area contributed by atoms with Gasteiger partial charge >= 0.3 is 0 Å². The second-order valence-corrected chi connectivity index (χ2v) is 4.38. The van der Waals surface area contributed by atoms with Crippen molar-refractivity contribution in [1.29, 1.82) is 0 Å². The first-order valence-corrected chi connectivity index (χ1v) is 5.90. The lowest BCUT2D eigenvalue weighted by Gasteiger charge is -2.08. The fraction of sp³-hybridized carbons (Fsp3) is 0.143. The molecule has 0 radical (unpaired) electrons. The van der Waals surface area contributed by atoms with Crippen LogP contribution >= 0.6 is 11.6 Å². The number of aryl methyl sites for hydroxylation is 1. The topological polar surface area (TPSA) is 35.2 Å². The van der Waals surface area contributed by atoms with E-state index in [1.165, 1.54) is 6.07 Å². The Kier molecular flexibility index (Phi) is 3.84. The summed E-state index contributed by atoms with van der Waals surface area (Å²) in [6, 6.07) is 9.94. The van der Waals surface area contributed by atoms with Crippen molar-refractivity contribution in [3.8, 4) is 11.5 Å². The van der Waals surface area contributed by atoms with Crippen LogP contribution < -0.4 is 10.5 Å². The van der Waals surface area contributed by atoms with E-state index in [1.807, 2.05) is 0 Å². The molecule has 0 aliphatic heterocycles. The average molecular weight is 266 g/mol. The fourth-order valence-electron chi connectivity index (χ4n) is 1.53. The molecule has 2 rings (SSSR count). The van der Waals surface area contributed by atoms with Gasteiger partial charge in [0.05, 0.1) is 0 Å². The summed E-state index contributed by atoms with van der Waals surface area (Å²) in [5, 5.41) is 0.544. The SMILES string of the molecule is Cc1ccc(Oc2ccc(CN)c(Cl)c2)cc1F. The van der Waals surface area contributed by atoms with Crippen molar-refractivity contribution >= 4 is 11.6 Å². The van der Waals surface area contributed by atoms with Crippen LogP contribution in [-0.4, -0.2) is 0 Å². The van der Waals surface area contributed by atoms with E-state index in [0.717, 1.165) is 5.56 Å². The van der Waals surface area contributed by atoms with Gasteiger partial charge in [0.25, 0.3) is 0 Å². The summed E-state index contributed by atoms with van der Waals surface area (Å²) >= 11 is 6.02. The van der Waals surface area contributed by atoms with Gasteiger partial charge in [-0.05, 0) is 36.2 Å². The van der Waals surface area contributed by atoms with Crippen LogP contribution in [-0.2, 0) is 6.54 Å². The summed E-state index contributed by atoms with van der Waals surface area (Å²) < 4.78 is 18.9. The molecule has 18 heavy (non-hydrogen) atoms. The molecule has 4 heteroatoms. The number of halogens is 2. The maximum absolute atomic E-state index is 13.4. The molecular formula is C14H13ClFNO. The third-order valence-electron chi connectivity index (χ3n) is 2.62. The molecule has 2 N–H and O–H groups in total. The maximum Gasteiger partial charge on any atom is 0.130 e. The lowest BCUT2D eigenvalue weighted by Crippen LogP contribution is -1.97. The predicted molar refractivity (Wildman–Crippen MR) is 70.6 cm³/mol. The minimum atomic E-state index is -0.294. The fourth-order valence-corrected chi connectivity index (χ4v) is 1.78. The van der Waals surface area contributed by atoms with Gasteiger partial charge in [0, 0.05) is 17.6 Å². The van der Waals surface area contributed by atoms with E-state index in [-0.39, 0.29) is 5.82 Å². The normalized spacial score (nSPS) is 10.4. The molecule has 0 fully saturated rings. The van der Waals surface area contributed by atoms with Gasteiger partial charge in [-0.15, -0.1) is 0 Å². The first kappa shape index (κ1) is 12.9. The van der Waals surface area contributed by atoms with E-state index in [9.17, 15) is 4.39 Å². The summed E-state index contributed by atoms with van der Waals surface area (Å²) in [5.74, 6) is 0.701. The number of hydrogen-bond donors (Lipinski definition) is 1. The largest absolute Gasteiger partial charge is 0.457 e. The number of hydrogen-bond acceptors (Lipinski definition) is 2. The van der Waals surface area contributed by atoms with E-state index in [1.54, 1.807) is 37.3 Å². The van der Waals surface area contributed by atoms with Crippen molar-refractivity contribution in [3.05, 3.63) is 58.4 Å². The van der Waals surface area contributed by atoms with Crippen LogP contribution in [0.5, 0.6) is 11.5 Å². The number of benzene rings is 2. The molecule has 0 atom stereocenters. The van der Waals surface area contributed by atoms with Crippen LogP contribution in [0.15, 0.2) is 36.4 Å². The first-order valence-electron chi connectivity index (χ1n) is 5.52. The Morgan fingerprint density at radius 1 is 1.17 bits per heavy atom. The Morgan fingerprint density at radius 3 is 2.44 bits per heavy atom. The molecule has 0 unspecified atom stereocenters. The lowest BCUT2D eigenvalue weighted by atomic mass is 10.2. The zero-order chi connectivity index (χ0) is 13.1. The van der Waals surface area contributed by atoms with Crippen LogP contribution in [0.2, 0.25) is 5.02 Å². The van der Waals surface area contributed by atoms with Gasteiger partial charge in [0.15, 0.2) is 0 Å². The molecule has 2 aromatic carbocycles. The zero-order valence-corrected chi connectivity index (χ0v) is 10.7. The summed E-state index contributed by atoms with van der Waals surface area (Å²) in [7, 11) is 0. The molecule has 0 amide bonds. The Labute approximate surface area is 110 Å². The molecule has 0 heterocycles. The first-order chi connectivity index (χ1) is 8.60. The van der Waals surface area contributed by atoms with Gasteiger partial charge in [0.2, 0.25) is 0 Å². The Balaban J connectivity index is 2.23. The molecule has 2 aromatic rings. The third-order valence-corrected chi connectivity index (χ3v) is 2.98. The van der Waals surface area contributed by atoms with Crippen LogP contribution in [0.25, 0.3) is 0 Å². The Morgan fingerprint density at radius 2 is 1.83 bits per heavy atom. The quantitative estimate of drug-likeness (QED) is 0.909. The molecule has 0 spiro atoms. The highest BCUT2D eigenvalue weighted by atomic mass is 35.5. The molecule has 0 aromatic heterocycles. The second kappa shape index (κ2) is 5.38. The predicted octanol–water partition coefficient (Wildman–Crippen LogP) is 4.04. The van der Waals surface area contributed by atoms with Gasteiger partial charge < -0.3 is 10.5 Å². The van der Waals surface area contributed by atoms with Crippen molar-refractivity contribution < 1.29 is 9.13 Å². The Hall–Kier alpha value is -1.58. The average Bonchev–Trinajstić information content (AvgIpc) is 2.34. The van der Waals surface area contributed by atoms with Gasteiger partial charge in [-0.1, -0.05) is 23.7 Å². The summed E-state index contributed by atoms with van der Waals surface area (Å²) in [5.41, 5.74) is 6.94. The highest BCUT2D eigenvalue weighted by Gasteiger charge is 2.04. The van der Waals surface area contributed by atoms with Crippen molar-refractivity contribution in [2.75, 3.05) is 0 Å². The zero-order valence-electron chi connectivity index (χ0n) is 9.91. The van der Waals surface area contributed by atoms with Gasteiger partial charge in [-0.2, -0.15) is 0 Å².